The first-order chi connectivity index (χ1) is 28.3. The van der Waals surface area contributed by atoms with Gasteiger partial charge in [0.2, 0.25) is 25.1 Å². The lowest BCUT2D eigenvalue weighted by Crippen LogP contribution is -2.55. The van der Waals surface area contributed by atoms with Crippen LogP contribution in [-0.2, 0) is 25.1 Å². The maximum absolute atomic E-state index is 14.9. The largest absolute Gasteiger partial charge is 0.496 e. The smallest absolute Gasteiger partial charge is 0.408 e. The van der Waals surface area contributed by atoms with Gasteiger partial charge in [0, 0.05) is 29.0 Å². The standard InChI is InChI=1S/C43H55F2N4O9P/c1-4-56-38-22-37(30-19-20-36(55-3)26(2)39(30)47-38)57-29-21-35-40(50)48-43(59(53,54)25-31-32(44)16-12-17-33(31)45)23-27(43)13-8-6-5-7-9-18-34(41(51)49(35)24-29)46-42(52)58-28-14-10-11-15-28/h12,16-17,19-20,22,27-29,34-35H,4-11,13-15,18,21,23-25H2,1-3H3,(H,46,52)(H,48,50)(H,53,54)/t27-,29-,34+,35+,43+/m1/s1. The van der Waals surface area contributed by atoms with E-state index < -0.39 is 78.0 Å². The Morgan fingerprint density at radius 1 is 1.00 bits per heavy atom. The summed E-state index contributed by atoms with van der Waals surface area (Å²) in [5.74, 6) is -2.17. The summed E-state index contributed by atoms with van der Waals surface area (Å²) in [5, 5.41) is 4.70. The molecule has 13 nitrogen and oxygen atoms in total. The predicted octanol–water partition coefficient (Wildman–Crippen LogP) is 7.66. The lowest BCUT2D eigenvalue weighted by Gasteiger charge is -2.31. The van der Waals surface area contributed by atoms with Gasteiger partial charge >= 0.3 is 6.09 Å². The Morgan fingerprint density at radius 2 is 1.69 bits per heavy atom. The zero-order chi connectivity index (χ0) is 41.9. The molecule has 6 atom stereocenters. The van der Waals surface area contributed by atoms with Crippen LogP contribution in [0.15, 0.2) is 36.4 Å². The van der Waals surface area contributed by atoms with Gasteiger partial charge in [-0.15, -0.1) is 0 Å². The van der Waals surface area contributed by atoms with Gasteiger partial charge < -0.3 is 39.4 Å². The number of nitrogens with zero attached hydrogens (tertiary/aromatic N) is 2. The number of nitrogens with one attached hydrogen (secondary N) is 2. The fraction of sp³-hybridized carbons (Fsp3) is 0.581. The molecule has 1 aromatic heterocycles. The topological polar surface area (TPSA) is 166 Å². The molecule has 0 spiro atoms. The highest BCUT2D eigenvalue weighted by Gasteiger charge is 2.66. The van der Waals surface area contributed by atoms with Crippen molar-refractivity contribution in [2.24, 2.45) is 5.92 Å². The first-order valence-electron chi connectivity index (χ1n) is 21.0. The average Bonchev–Trinajstić information content (AvgIpc) is 3.47. The van der Waals surface area contributed by atoms with Gasteiger partial charge in [-0.2, -0.15) is 0 Å². The van der Waals surface area contributed by atoms with Crippen LogP contribution in [-0.4, -0.2) is 82.5 Å². The van der Waals surface area contributed by atoms with Gasteiger partial charge in [-0.25, -0.2) is 18.6 Å². The molecule has 4 aliphatic rings. The second-order valence-corrected chi connectivity index (χ2v) is 18.9. The number of halogens is 2. The number of methoxy groups -OCH3 is 1. The Bertz CT molecular complexity index is 2080. The van der Waals surface area contributed by atoms with E-state index in [0.717, 1.165) is 62.6 Å². The minimum atomic E-state index is -4.52. The van der Waals surface area contributed by atoms with Gasteiger partial charge in [-0.05, 0) is 89.0 Å². The molecule has 3 amide bonds. The van der Waals surface area contributed by atoms with E-state index in [9.17, 15) is 32.6 Å². The minimum absolute atomic E-state index is 0.00183. The molecule has 7 rings (SSSR count). The van der Waals surface area contributed by atoms with E-state index in [2.05, 4.69) is 15.6 Å². The zero-order valence-electron chi connectivity index (χ0n) is 34.0. The van der Waals surface area contributed by atoms with Crippen LogP contribution in [0, 0.1) is 24.5 Å². The van der Waals surface area contributed by atoms with Gasteiger partial charge in [-0.3, -0.25) is 14.2 Å². The number of ether oxygens (including phenoxy) is 4. The van der Waals surface area contributed by atoms with Crippen molar-refractivity contribution in [3.8, 4) is 17.4 Å². The summed E-state index contributed by atoms with van der Waals surface area (Å²) in [7, 11) is -2.96. The van der Waals surface area contributed by atoms with Gasteiger partial charge in [0.05, 0.1) is 31.9 Å². The number of hydrogen-bond acceptors (Lipinski definition) is 9. The number of pyridine rings is 1. The molecule has 4 fully saturated rings. The zero-order valence-corrected chi connectivity index (χ0v) is 34.9. The van der Waals surface area contributed by atoms with Crippen LogP contribution in [0.4, 0.5) is 13.6 Å². The van der Waals surface area contributed by atoms with Crippen molar-refractivity contribution in [1.82, 2.24) is 20.5 Å². The van der Waals surface area contributed by atoms with Gasteiger partial charge in [0.15, 0.2) is 0 Å². The van der Waals surface area contributed by atoms with Crippen molar-refractivity contribution in [3.63, 3.8) is 0 Å². The molecule has 0 bridgehead atoms. The van der Waals surface area contributed by atoms with Crippen molar-refractivity contribution in [2.45, 2.75) is 133 Å². The molecule has 2 aliphatic heterocycles. The SMILES string of the molecule is CCOc1cc(O[C@@H]2C[C@H]3C(=O)N[C@]4(P(=O)(O)Cc5c(F)cccc5F)C[C@H]4CCCCCCC[C@H](NC(=O)OC4CCCC4)C(=O)N3C2)c2ccc(OC)c(C)c2n1. The van der Waals surface area contributed by atoms with Crippen LogP contribution in [0.3, 0.4) is 0 Å². The van der Waals surface area contributed by atoms with Crippen LogP contribution in [0.25, 0.3) is 10.9 Å². The predicted molar refractivity (Wildman–Crippen MR) is 216 cm³/mol. The summed E-state index contributed by atoms with van der Waals surface area (Å²) in [6.07, 6.45) is 5.67. The number of hydrogen-bond donors (Lipinski definition) is 3. The molecule has 59 heavy (non-hydrogen) atoms. The van der Waals surface area contributed by atoms with Crippen molar-refractivity contribution >= 4 is 36.2 Å². The maximum atomic E-state index is 14.9. The summed E-state index contributed by atoms with van der Waals surface area (Å²) < 4.78 is 67.9. The second kappa shape index (κ2) is 18.0. The maximum Gasteiger partial charge on any atom is 0.408 e. The van der Waals surface area contributed by atoms with Gasteiger partial charge in [-0.1, -0.05) is 38.2 Å². The number of fused-ring (bicyclic) bond motifs is 3. The lowest BCUT2D eigenvalue weighted by molar-refractivity contribution is -0.140. The molecule has 2 aliphatic carbocycles. The van der Waals surface area contributed by atoms with Gasteiger partial charge in [0.25, 0.3) is 0 Å². The first kappa shape index (κ1) is 42.6. The number of carbonyl (C=O) groups is 3. The summed E-state index contributed by atoms with van der Waals surface area (Å²) in [5.41, 5.74) is 0.831. The van der Waals surface area contributed by atoms with E-state index in [1.165, 1.54) is 11.0 Å². The van der Waals surface area contributed by atoms with Crippen molar-refractivity contribution in [2.75, 3.05) is 20.3 Å². The summed E-state index contributed by atoms with van der Waals surface area (Å²) >= 11 is 0. The third-order valence-corrected chi connectivity index (χ3v) is 15.1. The van der Waals surface area contributed by atoms with E-state index >= 15 is 0 Å². The molecule has 320 valence electrons. The number of aromatic nitrogens is 1. The Labute approximate surface area is 343 Å². The molecule has 2 aromatic carbocycles. The molecule has 2 saturated carbocycles. The minimum Gasteiger partial charge on any atom is -0.496 e. The summed E-state index contributed by atoms with van der Waals surface area (Å²) in [6.45, 7) is 3.99. The molecule has 16 heteroatoms. The Balaban J connectivity index is 1.22. The van der Waals surface area contributed by atoms with E-state index in [0.29, 0.717) is 60.6 Å². The number of benzene rings is 2. The quantitative estimate of drug-likeness (QED) is 0.173. The van der Waals surface area contributed by atoms with Crippen LogP contribution in [0.5, 0.6) is 17.4 Å². The molecule has 2 saturated heterocycles. The average molecular weight is 841 g/mol. The Kier molecular flexibility index (Phi) is 13.0. The van der Waals surface area contributed by atoms with Crippen LogP contribution < -0.4 is 24.8 Å². The van der Waals surface area contributed by atoms with Crippen molar-refractivity contribution in [1.29, 1.82) is 0 Å². The Morgan fingerprint density at radius 3 is 2.41 bits per heavy atom. The fourth-order valence-electron chi connectivity index (χ4n) is 9.17. The number of amides is 3. The highest BCUT2D eigenvalue weighted by Crippen LogP contribution is 2.71. The highest BCUT2D eigenvalue weighted by molar-refractivity contribution is 7.59. The number of carbonyl (C=O) groups excluding carboxylic acids is 3. The lowest BCUT2D eigenvalue weighted by atomic mass is 10.0. The van der Waals surface area contributed by atoms with E-state index in [1.807, 2.05) is 19.9 Å². The monoisotopic (exact) mass is 840 g/mol. The molecule has 0 radical (unpaired) electrons. The Hall–Kier alpha value is -4.49. The van der Waals surface area contributed by atoms with Gasteiger partial charge in [0.1, 0.15) is 52.7 Å². The normalized spacial score (nSPS) is 26.4. The van der Waals surface area contributed by atoms with Crippen LogP contribution in [0.2, 0.25) is 0 Å². The van der Waals surface area contributed by atoms with Crippen molar-refractivity contribution in [3.05, 3.63) is 59.2 Å². The van der Waals surface area contributed by atoms with E-state index in [-0.39, 0.29) is 25.5 Å². The second-order valence-electron chi connectivity index (χ2n) is 16.4. The van der Waals surface area contributed by atoms with Crippen LogP contribution >= 0.6 is 7.37 Å². The number of rotatable bonds is 10. The molecule has 3 N–H and O–H groups in total. The molecular weight excluding hydrogens is 785 g/mol. The van der Waals surface area contributed by atoms with E-state index in [1.54, 1.807) is 19.2 Å². The molecule has 1 unspecified atom stereocenters. The third-order valence-electron chi connectivity index (χ3n) is 12.5. The molecular formula is C43H55F2N4O9P. The number of alkyl carbamates (subject to hydrolysis) is 1. The summed E-state index contributed by atoms with van der Waals surface area (Å²) in [6, 6.07) is 6.33. The first-order valence-corrected chi connectivity index (χ1v) is 22.8. The summed E-state index contributed by atoms with van der Waals surface area (Å²) in [4.78, 5) is 60.5. The molecule has 3 aromatic rings. The van der Waals surface area contributed by atoms with Crippen LogP contribution in [0.1, 0.15) is 102 Å². The highest BCUT2D eigenvalue weighted by atomic mass is 31.2. The third kappa shape index (κ3) is 9.16. The number of aryl methyl sites for hydroxylation is 1. The molecule has 3 heterocycles. The van der Waals surface area contributed by atoms with E-state index in [4.69, 9.17) is 18.9 Å². The van der Waals surface area contributed by atoms with Crippen molar-refractivity contribution < 1.29 is 51.6 Å². The fourth-order valence-corrected chi connectivity index (χ4v) is 11.7.